The van der Waals surface area contributed by atoms with Gasteiger partial charge in [0.2, 0.25) is 0 Å². The van der Waals surface area contributed by atoms with E-state index in [-0.39, 0.29) is 6.10 Å². The maximum absolute atomic E-state index is 10.1. The van der Waals surface area contributed by atoms with Gasteiger partial charge in [0.15, 0.2) is 0 Å². The highest BCUT2D eigenvalue weighted by molar-refractivity contribution is 5.38. The van der Waals surface area contributed by atoms with E-state index in [9.17, 15) is 4.79 Å². The average Bonchev–Trinajstić information content (AvgIpc) is 2.56. The van der Waals surface area contributed by atoms with E-state index in [1.165, 1.54) is 25.7 Å². The zero-order valence-corrected chi connectivity index (χ0v) is 7.71. The minimum atomic E-state index is 0.148. The van der Waals surface area contributed by atoms with Gasteiger partial charge in [0.25, 0.3) is 0 Å². The highest BCUT2D eigenvalue weighted by Crippen LogP contribution is 2.30. The lowest BCUT2D eigenvalue weighted by atomic mass is 9.97. The smallest absolute Gasteiger partial charge is 0.417 e. The second kappa shape index (κ2) is 5.18. The molecule has 2 nitrogen and oxygen atoms in total. The van der Waals surface area contributed by atoms with Crippen LogP contribution in [-0.4, -0.2) is 12.6 Å². The molecule has 1 fully saturated rings. The van der Waals surface area contributed by atoms with Crippen LogP contribution in [0.2, 0.25) is 0 Å². The molecule has 2 heteroatoms. The van der Waals surface area contributed by atoms with E-state index in [4.69, 9.17) is 4.74 Å². The van der Waals surface area contributed by atoms with Crippen molar-refractivity contribution >= 4 is 6.47 Å². The molecule has 0 bridgehead atoms. The van der Waals surface area contributed by atoms with Crippen molar-refractivity contribution in [2.45, 2.75) is 51.6 Å². The largest absolute Gasteiger partial charge is 0.454 e. The first-order valence-corrected chi connectivity index (χ1v) is 4.91. The predicted molar refractivity (Wildman–Crippen MR) is 47.4 cm³/mol. The van der Waals surface area contributed by atoms with E-state index in [0.29, 0.717) is 5.92 Å². The first kappa shape index (κ1) is 9.56. The first-order valence-electron chi connectivity index (χ1n) is 4.91. The lowest BCUT2D eigenvalue weighted by Crippen LogP contribution is -2.21. The molecule has 0 heterocycles. The minimum absolute atomic E-state index is 0.148. The van der Waals surface area contributed by atoms with Crippen LogP contribution in [-0.2, 0) is 9.53 Å². The third-order valence-corrected chi connectivity index (χ3v) is 2.70. The first-order chi connectivity index (χ1) is 5.88. The second-order valence-electron chi connectivity index (χ2n) is 3.57. The van der Waals surface area contributed by atoms with E-state index < -0.39 is 0 Å². The molecular formula is C10H17O2. The molecule has 69 valence electrons. The van der Waals surface area contributed by atoms with Crippen molar-refractivity contribution < 1.29 is 9.53 Å². The molecule has 0 aliphatic heterocycles. The summed E-state index contributed by atoms with van der Waals surface area (Å²) in [6.07, 6.45) is 7.29. The van der Waals surface area contributed by atoms with Crippen LogP contribution >= 0.6 is 0 Å². The van der Waals surface area contributed by atoms with Crippen LogP contribution in [0.3, 0.4) is 0 Å². The van der Waals surface area contributed by atoms with Crippen molar-refractivity contribution in [3.63, 3.8) is 0 Å². The highest BCUT2D eigenvalue weighted by Gasteiger charge is 2.25. The summed E-state index contributed by atoms with van der Waals surface area (Å²) in [4.78, 5) is 10.1. The lowest BCUT2D eigenvalue weighted by molar-refractivity contribution is 0.108. The molecule has 0 spiro atoms. The van der Waals surface area contributed by atoms with E-state index in [0.717, 1.165) is 12.8 Å². The number of rotatable bonds is 5. The van der Waals surface area contributed by atoms with Gasteiger partial charge < -0.3 is 4.74 Å². The van der Waals surface area contributed by atoms with Crippen molar-refractivity contribution in [3.8, 4) is 0 Å². The van der Waals surface area contributed by atoms with Crippen molar-refractivity contribution in [1.82, 2.24) is 0 Å². The van der Waals surface area contributed by atoms with Crippen molar-refractivity contribution in [2.75, 3.05) is 0 Å². The quantitative estimate of drug-likeness (QED) is 0.631. The Balaban J connectivity index is 2.33. The standard InChI is InChI=1S/C10H17O2/c1-2-5-10(12-8-11)9-6-3-4-7-9/h9-10H,2-7H2,1H3. The fourth-order valence-corrected chi connectivity index (χ4v) is 2.07. The molecule has 1 unspecified atom stereocenters. The Labute approximate surface area is 74.3 Å². The zero-order valence-electron chi connectivity index (χ0n) is 7.71. The molecule has 1 saturated carbocycles. The maximum Gasteiger partial charge on any atom is 0.417 e. The molecule has 0 N–H and O–H groups in total. The summed E-state index contributed by atoms with van der Waals surface area (Å²) >= 11 is 0. The van der Waals surface area contributed by atoms with Crippen molar-refractivity contribution in [2.24, 2.45) is 5.92 Å². The van der Waals surface area contributed by atoms with Crippen LogP contribution in [0.25, 0.3) is 0 Å². The zero-order chi connectivity index (χ0) is 8.81. The molecule has 1 atom stereocenters. The molecule has 1 rings (SSSR count). The molecule has 1 aliphatic carbocycles. The molecule has 0 amide bonds. The summed E-state index contributed by atoms with van der Waals surface area (Å²) < 4.78 is 4.96. The summed E-state index contributed by atoms with van der Waals surface area (Å²) in [7, 11) is 0. The van der Waals surface area contributed by atoms with E-state index in [2.05, 4.69) is 6.92 Å². The molecule has 0 aromatic carbocycles. The van der Waals surface area contributed by atoms with Crippen LogP contribution in [0, 0.1) is 5.92 Å². The number of carbonyl (C=O) groups excluding carboxylic acids is 1. The van der Waals surface area contributed by atoms with Crippen LogP contribution in [0.4, 0.5) is 0 Å². The fourth-order valence-electron chi connectivity index (χ4n) is 2.07. The Morgan fingerprint density at radius 2 is 2.17 bits per heavy atom. The van der Waals surface area contributed by atoms with Gasteiger partial charge in [0.05, 0.1) is 0 Å². The van der Waals surface area contributed by atoms with Gasteiger partial charge in [-0.1, -0.05) is 26.2 Å². The van der Waals surface area contributed by atoms with Gasteiger partial charge in [-0.25, -0.2) is 4.79 Å². The van der Waals surface area contributed by atoms with Gasteiger partial charge in [0, 0.05) is 0 Å². The van der Waals surface area contributed by atoms with Gasteiger partial charge in [-0.05, 0) is 25.2 Å². The Morgan fingerprint density at radius 3 is 2.67 bits per heavy atom. The molecule has 0 aromatic heterocycles. The minimum Gasteiger partial charge on any atom is -0.454 e. The summed E-state index contributed by atoms with van der Waals surface area (Å²) in [6.45, 7) is 3.70. The summed E-state index contributed by atoms with van der Waals surface area (Å²) in [6, 6.07) is 0. The van der Waals surface area contributed by atoms with Crippen LogP contribution < -0.4 is 0 Å². The highest BCUT2D eigenvalue weighted by atomic mass is 16.5. The Bertz CT molecular complexity index is 128. The van der Waals surface area contributed by atoms with E-state index >= 15 is 0 Å². The van der Waals surface area contributed by atoms with Gasteiger partial charge in [-0.3, -0.25) is 0 Å². The third-order valence-electron chi connectivity index (χ3n) is 2.70. The van der Waals surface area contributed by atoms with Gasteiger partial charge in [-0.15, -0.1) is 0 Å². The van der Waals surface area contributed by atoms with E-state index in [1.807, 2.05) is 0 Å². The average molecular weight is 169 g/mol. The number of hydrogen-bond acceptors (Lipinski definition) is 2. The summed E-state index contributed by atoms with van der Waals surface area (Å²) in [5.74, 6) is 0.617. The monoisotopic (exact) mass is 169 g/mol. The Kier molecular flexibility index (Phi) is 4.12. The SMILES string of the molecule is CCCC(O[C]=O)C1CCCC1. The molecule has 1 aliphatic rings. The van der Waals surface area contributed by atoms with Crippen LogP contribution in [0.1, 0.15) is 45.4 Å². The Morgan fingerprint density at radius 1 is 1.50 bits per heavy atom. The van der Waals surface area contributed by atoms with Gasteiger partial charge in [0.1, 0.15) is 6.10 Å². The van der Waals surface area contributed by atoms with E-state index in [1.54, 1.807) is 6.47 Å². The molecule has 0 saturated heterocycles. The predicted octanol–water partition coefficient (Wildman–Crippen LogP) is 2.43. The number of ether oxygens (including phenoxy) is 1. The molecular weight excluding hydrogens is 152 g/mol. The van der Waals surface area contributed by atoms with Crippen molar-refractivity contribution in [3.05, 3.63) is 0 Å². The van der Waals surface area contributed by atoms with Gasteiger partial charge in [-0.2, -0.15) is 0 Å². The molecule has 0 aromatic rings. The topological polar surface area (TPSA) is 26.3 Å². The summed E-state index contributed by atoms with van der Waals surface area (Å²) in [5.41, 5.74) is 0. The molecule has 1 radical (unpaired) electrons. The summed E-state index contributed by atoms with van der Waals surface area (Å²) in [5, 5.41) is 0. The Hall–Kier alpha value is -0.530. The normalized spacial score (nSPS) is 20.8. The van der Waals surface area contributed by atoms with Gasteiger partial charge >= 0.3 is 6.47 Å². The van der Waals surface area contributed by atoms with Crippen LogP contribution in [0.5, 0.6) is 0 Å². The van der Waals surface area contributed by atoms with Crippen molar-refractivity contribution in [1.29, 1.82) is 0 Å². The lowest BCUT2D eigenvalue weighted by Gasteiger charge is -2.19. The third kappa shape index (κ3) is 2.50. The second-order valence-corrected chi connectivity index (χ2v) is 3.57. The fraction of sp³-hybridized carbons (Fsp3) is 0.900. The van der Waals surface area contributed by atoms with Crippen LogP contribution in [0.15, 0.2) is 0 Å². The molecule has 12 heavy (non-hydrogen) atoms. The number of hydrogen-bond donors (Lipinski definition) is 0. The maximum atomic E-state index is 10.1.